The van der Waals surface area contributed by atoms with Gasteiger partial charge in [-0.3, -0.25) is 14.4 Å². The SMILES string of the molecule is CC(=O)N1C(=O)C[C@@]23c4cc5ccccc5cc4C(=O)N2[C@@H](C(C)C)CN13. The zero-order valence-electron chi connectivity index (χ0n) is 15.6. The maximum atomic E-state index is 13.4. The molecule has 1 spiro atoms. The molecule has 6 nitrogen and oxygen atoms in total. The van der Waals surface area contributed by atoms with Crippen LogP contribution in [0.3, 0.4) is 0 Å². The molecule has 3 aliphatic heterocycles. The van der Waals surface area contributed by atoms with E-state index in [0.29, 0.717) is 12.1 Å². The molecule has 27 heavy (non-hydrogen) atoms. The first-order valence-electron chi connectivity index (χ1n) is 9.34. The number of imide groups is 1. The second kappa shape index (κ2) is 5.16. The molecule has 2 saturated heterocycles. The minimum absolute atomic E-state index is 0.0462. The highest BCUT2D eigenvalue weighted by Crippen LogP contribution is 2.55. The molecule has 138 valence electrons. The standard InChI is InChI=1S/C21H21N3O3/c1-12(2)18-11-22-21(10-19(26)24(22)13(3)25)17-9-15-7-5-4-6-14(15)8-16(17)20(27)23(18)21/h4-9,12,18H,10-11H2,1-3H3/t18-,21+/m1/s1. The minimum Gasteiger partial charge on any atom is -0.309 e. The number of amides is 3. The summed E-state index contributed by atoms with van der Waals surface area (Å²) in [6.45, 7) is 6.05. The van der Waals surface area contributed by atoms with E-state index in [9.17, 15) is 14.4 Å². The second-order valence-corrected chi connectivity index (χ2v) is 8.03. The van der Waals surface area contributed by atoms with E-state index in [4.69, 9.17) is 0 Å². The van der Waals surface area contributed by atoms with E-state index in [-0.39, 0.29) is 36.1 Å². The van der Waals surface area contributed by atoms with Crippen LogP contribution in [0.15, 0.2) is 36.4 Å². The second-order valence-electron chi connectivity index (χ2n) is 8.03. The number of hydrazine groups is 1. The van der Waals surface area contributed by atoms with Crippen molar-refractivity contribution in [3.05, 3.63) is 47.5 Å². The van der Waals surface area contributed by atoms with Gasteiger partial charge in [-0.2, -0.15) is 5.01 Å². The lowest BCUT2D eigenvalue weighted by atomic mass is 9.93. The Kier molecular flexibility index (Phi) is 3.15. The van der Waals surface area contributed by atoms with Crippen LogP contribution in [-0.2, 0) is 15.3 Å². The molecule has 0 bridgehead atoms. The summed E-state index contributed by atoms with van der Waals surface area (Å²) in [4.78, 5) is 40.3. The van der Waals surface area contributed by atoms with E-state index in [1.165, 1.54) is 11.9 Å². The first kappa shape index (κ1) is 16.4. The van der Waals surface area contributed by atoms with Crippen LogP contribution in [0, 0.1) is 5.92 Å². The zero-order valence-corrected chi connectivity index (χ0v) is 15.6. The summed E-state index contributed by atoms with van der Waals surface area (Å²) in [6.07, 6.45) is 0.118. The van der Waals surface area contributed by atoms with Crippen molar-refractivity contribution in [3.8, 4) is 0 Å². The Morgan fingerprint density at radius 2 is 1.81 bits per heavy atom. The lowest BCUT2D eigenvalue weighted by molar-refractivity contribution is -0.158. The van der Waals surface area contributed by atoms with E-state index in [1.54, 1.807) is 0 Å². The van der Waals surface area contributed by atoms with Gasteiger partial charge in [-0.25, -0.2) is 5.01 Å². The Balaban J connectivity index is 1.80. The predicted molar refractivity (Wildman–Crippen MR) is 99.3 cm³/mol. The van der Waals surface area contributed by atoms with Gasteiger partial charge in [0.25, 0.3) is 5.91 Å². The quantitative estimate of drug-likeness (QED) is 0.781. The van der Waals surface area contributed by atoms with Crippen LogP contribution in [-0.4, -0.2) is 45.2 Å². The molecule has 2 aromatic rings. The fourth-order valence-corrected chi connectivity index (χ4v) is 5.07. The molecule has 0 aliphatic carbocycles. The van der Waals surface area contributed by atoms with E-state index >= 15 is 0 Å². The van der Waals surface area contributed by atoms with Crippen LogP contribution in [0.1, 0.15) is 43.1 Å². The Hall–Kier alpha value is -2.73. The van der Waals surface area contributed by atoms with Gasteiger partial charge in [-0.15, -0.1) is 0 Å². The highest BCUT2D eigenvalue weighted by atomic mass is 16.2. The number of carbonyl (C=O) groups is 3. The summed E-state index contributed by atoms with van der Waals surface area (Å²) < 4.78 is 0. The third-order valence-electron chi connectivity index (χ3n) is 6.23. The Morgan fingerprint density at radius 1 is 1.15 bits per heavy atom. The zero-order chi connectivity index (χ0) is 19.1. The van der Waals surface area contributed by atoms with Crippen LogP contribution in [0.25, 0.3) is 10.8 Å². The molecule has 2 fully saturated rings. The number of fused-ring (bicyclic) bond motifs is 2. The average Bonchev–Trinajstić information content (AvgIpc) is 3.17. The lowest BCUT2D eigenvalue weighted by Gasteiger charge is -2.36. The van der Waals surface area contributed by atoms with Crippen LogP contribution in [0.2, 0.25) is 0 Å². The summed E-state index contributed by atoms with van der Waals surface area (Å²) in [5.41, 5.74) is 0.599. The van der Waals surface area contributed by atoms with Crippen molar-refractivity contribution in [1.82, 2.24) is 14.9 Å². The van der Waals surface area contributed by atoms with Gasteiger partial charge in [0.05, 0.1) is 12.5 Å². The molecule has 3 aliphatic rings. The average molecular weight is 363 g/mol. The van der Waals surface area contributed by atoms with Gasteiger partial charge in [-0.05, 0) is 28.8 Å². The molecule has 0 unspecified atom stereocenters. The Morgan fingerprint density at radius 3 is 2.44 bits per heavy atom. The molecule has 3 heterocycles. The van der Waals surface area contributed by atoms with E-state index in [0.717, 1.165) is 16.3 Å². The Labute approximate surface area is 157 Å². The molecule has 5 rings (SSSR count). The summed E-state index contributed by atoms with van der Waals surface area (Å²) in [5, 5.41) is 5.11. The Bertz CT molecular complexity index is 1030. The topological polar surface area (TPSA) is 60.9 Å². The molecule has 2 atom stereocenters. The van der Waals surface area contributed by atoms with Crippen molar-refractivity contribution < 1.29 is 14.4 Å². The molecule has 2 aromatic carbocycles. The number of benzene rings is 2. The molecular formula is C21H21N3O3. The predicted octanol–water partition coefficient (Wildman–Crippen LogP) is 2.48. The fraction of sp³-hybridized carbons (Fsp3) is 0.381. The normalized spacial score (nSPS) is 26.9. The molecule has 6 heteroatoms. The number of rotatable bonds is 1. The van der Waals surface area contributed by atoms with Crippen LogP contribution in [0.4, 0.5) is 0 Å². The number of carbonyl (C=O) groups excluding carboxylic acids is 3. The summed E-state index contributed by atoms with van der Waals surface area (Å²) in [6, 6.07) is 11.8. The van der Waals surface area contributed by atoms with Gasteiger partial charge < -0.3 is 4.90 Å². The van der Waals surface area contributed by atoms with Gasteiger partial charge in [0.2, 0.25) is 11.8 Å². The van der Waals surface area contributed by atoms with Crippen LogP contribution >= 0.6 is 0 Å². The molecule has 0 radical (unpaired) electrons. The molecule has 0 N–H and O–H groups in total. The largest absolute Gasteiger partial charge is 0.309 e. The number of hydrogen-bond donors (Lipinski definition) is 0. The lowest BCUT2D eigenvalue weighted by Crippen LogP contribution is -2.50. The first-order valence-corrected chi connectivity index (χ1v) is 9.34. The van der Waals surface area contributed by atoms with Crippen LogP contribution < -0.4 is 0 Å². The van der Waals surface area contributed by atoms with Crippen molar-refractivity contribution in [3.63, 3.8) is 0 Å². The molecular weight excluding hydrogens is 342 g/mol. The first-order chi connectivity index (χ1) is 12.9. The van der Waals surface area contributed by atoms with Gasteiger partial charge in [0, 0.05) is 24.6 Å². The molecule has 0 saturated carbocycles. The summed E-state index contributed by atoms with van der Waals surface area (Å²) >= 11 is 0. The van der Waals surface area contributed by atoms with Gasteiger partial charge >= 0.3 is 0 Å². The van der Waals surface area contributed by atoms with E-state index in [1.807, 2.05) is 46.3 Å². The molecule has 0 aromatic heterocycles. The van der Waals surface area contributed by atoms with E-state index in [2.05, 4.69) is 13.8 Å². The van der Waals surface area contributed by atoms with Crippen molar-refractivity contribution >= 4 is 28.5 Å². The summed E-state index contributed by atoms with van der Waals surface area (Å²) in [7, 11) is 0. The number of nitrogens with zero attached hydrogens (tertiary/aromatic N) is 3. The highest BCUT2D eigenvalue weighted by molar-refractivity contribution is 6.06. The van der Waals surface area contributed by atoms with Crippen molar-refractivity contribution in [2.75, 3.05) is 6.54 Å². The minimum atomic E-state index is -0.881. The monoisotopic (exact) mass is 363 g/mol. The van der Waals surface area contributed by atoms with Gasteiger partial charge in [0.15, 0.2) is 0 Å². The van der Waals surface area contributed by atoms with Crippen LogP contribution in [0.5, 0.6) is 0 Å². The summed E-state index contributed by atoms with van der Waals surface area (Å²) in [5.74, 6) is -0.384. The van der Waals surface area contributed by atoms with Crippen molar-refractivity contribution in [2.24, 2.45) is 5.92 Å². The fourth-order valence-electron chi connectivity index (χ4n) is 5.07. The van der Waals surface area contributed by atoms with E-state index < -0.39 is 5.66 Å². The maximum absolute atomic E-state index is 13.4. The third-order valence-corrected chi connectivity index (χ3v) is 6.23. The third kappa shape index (κ3) is 1.86. The van der Waals surface area contributed by atoms with Crippen molar-refractivity contribution in [1.29, 1.82) is 0 Å². The van der Waals surface area contributed by atoms with Gasteiger partial charge in [0.1, 0.15) is 5.66 Å². The van der Waals surface area contributed by atoms with Crippen molar-refractivity contribution in [2.45, 2.75) is 38.9 Å². The number of hydrogen-bond acceptors (Lipinski definition) is 4. The van der Waals surface area contributed by atoms with Gasteiger partial charge in [-0.1, -0.05) is 38.1 Å². The molecule has 3 amide bonds. The smallest absolute Gasteiger partial charge is 0.256 e. The highest BCUT2D eigenvalue weighted by Gasteiger charge is 2.68. The maximum Gasteiger partial charge on any atom is 0.256 e.